The lowest BCUT2D eigenvalue weighted by atomic mass is 9.93. The molecule has 3 rings (SSSR count). The first-order valence-electron chi connectivity index (χ1n) is 7.40. The van der Waals surface area contributed by atoms with Crippen LogP contribution in [0.4, 0.5) is 0 Å². The van der Waals surface area contributed by atoms with Crippen LogP contribution in [0, 0.1) is 0 Å². The van der Waals surface area contributed by atoms with Gasteiger partial charge in [0.2, 0.25) is 0 Å². The second-order valence-corrected chi connectivity index (χ2v) is 5.45. The molecule has 1 heterocycles. The van der Waals surface area contributed by atoms with E-state index in [0.717, 1.165) is 29.9 Å². The highest BCUT2D eigenvalue weighted by Gasteiger charge is 2.27. The van der Waals surface area contributed by atoms with Crippen molar-refractivity contribution in [1.82, 2.24) is 0 Å². The Bertz CT molecular complexity index is 622. The molecule has 21 heavy (non-hydrogen) atoms. The molecular formula is C18H21NO2. The number of methoxy groups -OCH3 is 1. The number of aryl methyl sites for hydroxylation is 1. The number of nitrogens with two attached hydrogens (primary N) is 1. The van der Waals surface area contributed by atoms with Crippen LogP contribution in [0.2, 0.25) is 0 Å². The standard InChI is InChI=1S/C18H21NO2/c1-3-12-4-6-13(7-5-12)17-11-16(19)15-9-8-14(20-2)10-18(15)21-17/h4-10,16-17H,3,11,19H2,1-2H3/t16-,17?/m1/s1. The molecule has 0 saturated heterocycles. The lowest BCUT2D eigenvalue weighted by Gasteiger charge is -2.31. The second kappa shape index (κ2) is 5.78. The van der Waals surface area contributed by atoms with Gasteiger partial charge in [-0.15, -0.1) is 0 Å². The van der Waals surface area contributed by atoms with Crippen LogP contribution < -0.4 is 15.2 Å². The Kier molecular flexibility index (Phi) is 3.84. The first kappa shape index (κ1) is 14.0. The van der Waals surface area contributed by atoms with E-state index in [4.69, 9.17) is 15.2 Å². The van der Waals surface area contributed by atoms with Crippen molar-refractivity contribution in [3.63, 3.8) is 0 Å². The van der Waals surface area contributed by atoms with Crippen LogP contribution in [0.5, 0.6) is 11.5 Å². The third-order valence-electron chi connectivity index (χ3n) is 4.12. The summed E-state index contributed by atoms with van der Waals surface area (Å²) in [7, 11) is 1.66. The van der Waals surface area contributed by atoms with Gasteiger partial charge in [0.1, 0.15) is 17.6 Å². The van der Waals surface area contributed by atoms with E-state index in [1.807, 2.05) is 18.2 Å². The van der Waals surface area contributed by atoms with Gasteiger partial charge in [-0.3, -0.25) is 0 Å². The minimum atomic E-state index is -0.00416. The van der Waals surface area contributed by atoms with E-state index in [0.29, 0.717) is 0 Å². The van der Waals surface area contributed by atoms with Gasteiger partial charge in [0.15, 0.2) is 0 Å². The van der Waals surface area contributed by atoms with E-state index in [-0.39, 0.29) is 12.1 Å². The SMILES string of the molecule is CCc1ccc(C2C[C@@H](N)c3ccc(OC)cc3O2)cc1. The number of hydrogen-bond donors (Lipinski definition) is 1. The number of benzene rings is 2. The zero-order valence-electron chi connectivity index (χ0n) is 12.5. The molecule has 3 heteroatoms. The van der Waals surface area contributed by atoms with Crippen LogP contribution in [0.25, 0.3) is 0 Å². The molecule has 0 amide bonds. The van der Waals surface area contributed by atoms with Crippen molar-refractivity contribution in [2.75, 3.05) is 7.11 Å². The van der Waals surface area contributed by atoms with E-state index in [2.05, 4.69) is 31.2 Å². The monoisotopic (exact) mass is 283 g/mol. The van der Waals surface area contributed by atoms with Crippen molar-refractivity contribution in [3.05, 3.63) is 59.2 Å². The molecule has 0 aromatic heterocycles. The Morgan fingerprint density at radius 2 is 1.95 bits per heavy atom. The molecule has 0 spiro atoms. The van der Waals surface area contributed by atoms with Gasteiger partial charge in [-0.2, -0.15) is 0 Å². The Balaban J connectivity index is 1.89. The molecule has 1 unspecified atom stereocenters. The fourth-order valence-electron chi connectivity index (χ4n) is 2.78. The van der Waals surface area contributed by atoms with Gasteiger partial charge >= 0.3 is 0 Å². The summed E-state index contributed by atoms with van der Waals surface area (Å²) in [5.74, 6) is 1.63. The van der Waals surface area contributed by atoms with Crippen LogP contribution in [-0.4, -0.2) is 7.11 Å². The summed E-state index contributed by atoms with van der Waals surface area (Å²) < 4.78 is 11.4. The zero-order valence-corrected chi connectivity index (χ0v) is 12.5. The van der Waals surface area contributed by atoms with E-state index >= 15 is 0 Å². The zero-order chi connectivity index (χ0) is 14.8. The van der Waals surface area contributed by atoms with Crippen LogP contribution in [0.15, 0.2) is 42.5 Å². The Morgan fingerprint density at radius 3 is 2.62 bits per heavy atom. The number of hydrogen-bond acceptors (Lipinski definition) is 3. The predicted octanol–water partition coefficient (Wildman–Crippen LogP) is 3.78. The van der Waals surface area contributed by atoms with Gasteiger partial charge < -0.3 is 15.2 Å². The number of ether oxygens (including phenoxy) is 2. The van der Waals surface area contributed by atoms with Crippen molar-refractivity contribution < 1.29 is 9.47 Å². The molecule has 2 N–H and O–H groups in total. The Labute approximate surface area is 125 Å². The van der Waals surface area contributed by atoms with Crippen LogP contribution in [-0.2, 0) is 6.42 Å². The van der Waals surface area contributed by atoms with Gasteiger partial charge in [0, 0.05) is 24.1 Å². The summed E-state index contributed by atoms with van der Waals surface area (Å²) in [6, 6.07) is 14.4. The molecule has 0 aliphatic carbocycles. The first-order valence-corrected chi connectivity index (χ1v) is 7.40. The topological polar surface area (TPSA) is 44.5 Å². The number of fused-ring (bicyclic) bond motifs is 1. The molecule has 0 saturated carbocycles. The minimum absolute atomic E-state index is 0.00416. The molecular weight excluding hydrogens is 262 g/mol. The van der Waals surface area contributed by atoms with Gasteiger partial charge in [-0.05, 0) is 23.6 Å². The van der Waals surface area contributed by atoms with Crippen molar-refractivity contribution in [1.29, 1.82) is 0 Å². The van der Waals surface area contributed by atoms with Crippen LogP contribution >= 0.6 is 0 Å². The molecule has 0 fully saturated rings. The van der Waals surface area contributed by atoms with Gasteiger partial charge in [0.25, 0.3) is 0 Å². The normalized spacial score (nSPS) is 20.5. The molecule has 2 aromatic rings. The molecule has 2 aromatic carbocycles. The highest BCUT2D eigenvalue weighted by atomic mass is 16.5. The fourth-order valence-corrected chi connectivity index (χ4v) is 2.78. The largest absolute Gasteiger partial charge is 0.497 e. The van der Waals surface area contributed by atoms with Crippen molar-refractivity contribution >= 4 is 0 Å². The third kappa shape index (κ3) is 2.74. The van der Waals surface area contributed by atoms with Crippen molar-refractivity contribution in [3.8, 4) is 11.5 Å². The molecule has 3 nitrogen and oxygen atoms in total. The minimum Gasteiger partial charge on any atom is -0.497 e. The average molecular weight is 283 g/mol. The summed E-state index contributed by atoms with van der Waals surface area (Å²) in [5, 5.41) is 0. The smallest absolute Gasteiger partial charge is 0.128 e. The highest BCUT2D eigenvalue weighted by molar-refractivity contribution is 5.44. The third-order valence-corrected chi connectivity index (χ3v) is 4.12. The van der Waals surface area contributed by atoms with Crippen molar-refractivity contribution in [2.24, 2.45) is 5.73 Å². The summed E-state index contributed by atoms with van der Waals surface area (Å²) in [4.78, 5) is 0. The molecule has 2 atom stereocenters. The Morgan fingerprint density at radius 1 is 1.19 bits per heavy atom. The lowest BCUT2D eigenvalue weighted by molar-refractivity contribution is 0.161. The summed E-state index contributed by atoms with van der Waals surface area (Å²) in [5.41, 5.74) is 9.87. The molecule has 0 radical (unpaired) electrons. The van der Waals surface area contributed by atoms with Crippen LogP contribution in [0.1, 0.15) is 42.2 Å². The average Bonchev–Trinajstić information content (AvgIpc) is 2.54. The summed E-state index contributed by atoms with van der Waals surface area (Å²) >= 11 is 0. The van der Waals surface area contributed by atoms with Crippen LogP contribution in [0.3, 0.4) is 0 Å². The van der Waals surface area contributed by atoms with Crippen molar-refractivity contribution in [2.45, 2.75) is 31.9 Å². The van der Waals surface area contributed by atoms with E-state index in [9.17, 15) is 0 Å². The second-order valence-electron chi connectivity index (χ2n) is 5.45. The molecule has 110 valence electrons. The highest BCUT2D eigenvalue weighted by Crippen LogP contribution is 2.41. The molecule has 0 bridgehead atoms. The van der Waals surface area contributed by atoms with E-state index < -0.39 is 0 Å². The predicted molar refractivity (Wildman–Crippen MR) is 83.7 cm³/mol. The quantitative estimate of drug-likeness (QED) is 0.932. The summed E-state index contributed by atoms with van der Waals surface area (Å²) in [6.07, 6.45) is 1.85. The van der Waals surface area contributed by atoms with Gasteiger partial charge in [0.05, 0.1) is 7.11 Å². The van der Waals surface area contributed by atoms with E-state index in [1.165, 1.54) is 11.1 Å². The maximum absolute atomic E-state index is 6.30. The first-order chi connectivity index (χ1) is 10.2. The maximum atomic E-state index is 6.30. The van der Waals surface area contributed by atoms with Gasteiger partial charge in [-0.1, -0.05) is 37.3 Å². The van der Waals surface area contributed by atoms with Gasteiger partial charge in [-0.25, -0.2) is 0 Å². The number of rotatable bonds is 3. The van der Waals surface area contributed by atoms with E-state index in [1.54, 1.807) is 7.11 Å². The summed E-state index contributed by atoms with van der Waals surface area (Å²) in [6.45, 7) is 2.16. The molecule has 1 aliphatic heterocycles. The fraction of sp³-hybridized carbons (Fsp3) is 0.333. The maximum Gasteiger partial charge on any atom is 0.128 e. The molecule has 1 aliphatic rings. The lowest BCUT2D eigenvalue weighted by Crippen LogP contribution is -2.24. The Hall–Kier alpha value is -2.00.